The number of benzene rings is 1. The van der Waals surface area contributed by atoms with Crippen molar-refractivity contribution < 1.29 is 18.0 Å². The quantitative estimate of drug-likeness (QED) is 0.763. The molecule has 1 aliphatic rings. The molecule has 1 N–H and O–H groups in total. The van der Waals surface area contributed by atoms with Gasteiger partial charge in [0.1, 0.15) is 0 Å². The van der Waals surface area contributed by atoms with E-state index in [1.807, 2.05) is 23.6 Å². The van der Waals surface area contributed by atoms with Crippen molar-refractivity contribution in [1.29, 1.82) is 0 Å². The highest BCUT2D eigenvalue weighted by atomic mass is 32.2. The van der Waals surface area contributed by atoms with Crippen molar-refractivity contribution in [1.82, 2.24) is 10.2 Å². The Hall–Kier alpha value is -2.19. The predicted molar refractivity (Wildman–Crippen MR) is 105 cm³/mol. The molecule has 2 aromatic rings. The molecule has 1 aromatic carbocycles. The lowest BCUT2D eigenvalue weighted by Gasteiger charge is -2.28. The van der Waals surface area contributed by atoms with E-state index in [4.69, 9.17) is 0 Å². The number of carbonyl (C=O) groups excluding carboxylic acids is 2. The van der Waals surface area contributed by atoms with Crippen LogP contribution >= 0.6 is 11.3 Å². The van der Waals surface area contributed by atoms with Crippen molar-refractivity contribution in [2.24, 2.45) is 0 Å². The van der Waals surface area contributed by atoms with Crippen molar-refractivity contribution in [2.75, 3.05) is 18.1 Å². The molecule has 6 nitrogen and oxygen atoms in total. The topological polar surface area (TPSA) is 83.6 Å². The van der Waals surface area contributed by atoms with Crippen LogP contribution in [0.2, 0.25) is 0 Å². The number of amides is 2. The number of rotatable bonds is 7. The van der Waals surface area contributed by atoms with Crippen LogP contribution in [-0.2, 0) is 21.2 Å². The summed E-state index contributed by atoms with van der Waals surface area (Å²) >= 11 is 1.54. The van der Waals surface area contributed by atoms with Crippen molar-refractivity contribution >= 4 is 33.0 Å². The zero-order valence-electron chi connectivity index (χ0n) is 14.8. The Morgan fingerprint density at radius 2 is 1.93 bits per heavy atom. The van der Waals surface area contributed by atoms with Crippen molar-refractivity contribution in [2.45, 2.75) is 25.4 Å². The summed E-state index contributed by atoms with van der Waals surface area (Å²) in [6.07, 6.45) is 0.607. The van der Waals surface area contributed by atoms with Crippen LogP contribution in [0.15, 0.2) is 47.8 Å². The van der Waals surface area contributed by atoms with E-state index in [0.717, 1.165) is 4.88 Å². The summed E-state index contributed by atoms with van der Waals surface area (Å²) in [6.45, 7) is 0.621. The first-order chi connectivity index (χ1) is 12.9. The Bertz CT molecular complexity index is 880. The molecular formula is C19H22N2O4S2. The van der Waals surface area contributed by atoms with Gasteiger partial charge >= 0.3 is 0 Å². The van der Waals surface area contributed by atoms with Crippen molar-refractivity contribution in [3.8, 4) is 0 Å². The van der Waals surface area contributed by atoms with Gasteiger partial charge in [0.2, 0.25) is 5.91 Å². The Morgan fingerprint density at radius 1 is 1.15 bits per heavy atom. The van der Waals surface area contributed by atoms with Gasteiger partial charge in [-0.05, 0) is 30.0 Å². The van der Waals surface area contributed by atoms with Gasteiger partial charge in [-0.3, -0.25) is 9.59 Å². The maximum atomic E-state index is 12.8. The van der Waals surface area contributed by atoms with Gasteiger partial charge in [-0.1, -0.05) is 24.3 Å². The maximum absolute atomic E-state index is 12.8. The summed E-state index contributed by atoms with van der Waals surface area (Å²) < 4.78 is 23.7. The molecule has 8 heteroatoms. The first kappa shape index (κ1) is 19.6. The van der Waals surface area contributed by atoms with Crippen LogP contribution in [-0.4, -0.2) is 49.2 Å². The minimum Gasteiger partial charge on any atom is -0.352 e. The number of hydrogen-bond acceptors (Lipinski definition) is 5. The molecule has 0 spiro atoms. The third-order valence-electron chi connectivity index (χ3n) is 4.54. The lowest BCUT2D eigenvalue weighted by molar-refractivity contribution is -0.133. The van der Waals surface area contributed by atoms with Gasteiger partial charge in [-0.15, -0.1) is 11.3 Å². The van der Waals surface area contributed by atoms with Gasteiger partial charge < -0.3 is 10.2 Å². The normalized spacial score (nSPS) is 18.1. The number of nitrogens with zero attached hydrogens (tertiary/aromatic N) is 1. The van der Waals surface area contributed by atoms with Crippen LogP contribution in [0.3, 0.4) is 0 Å². The van der Waals surface area contributed by atoms with Gasteiger partial charge in [-0.2, -0.15) is 0 Å². The summed E-state index contributed by atoms with van der Waals surface area (Å²) in [5.74, 6) is -0.229. The molecule has 1 fully saturated rings. The molecule has 2 heterocycles. The first-order valence-electron chi connectivity index (χ1n) is 8.80. The Balaban J connectivity index is 1.60. The molecular weight excluding hydrogens is 384 g/mol. The van der Waals surface area contributed by atoms with Crippen LogP contribution in [0.1, 0.15) is 28.1 Å². The smallest absolute Gasteiger partial charge is 0.251 e. The minimum absolute atomic E-state index is 0.0144. The third-order valence-corrected chi connectivity index (χ3v) is 7.15. The molecule has 3 rings (SSSR count). The van der Waals surface area contributed by atoms with E-state index in [0.29, 0.717) is 18.5 Å². The second kappa shape index (κ2) is 8.67. The van der Waals surface area contributed by atoms with Crippen LogP contribution in [0, 0.1) is 0 Å². The summed E-state index contributed by atoms with van der Waals surface area (Å²) in [5.41, 5.74) is 0.544. The molecule has 1 atom stereocenters. The van der Waals surface area contributed by atoms with E-state index in [2.05, 4.69) is 5.32 Å². The first-order valence-corrected chi connectivity index (χ1v) is 11.5. The highest BCUT2D eigenvalue weighted by Gasteiger charge is 2.34. The van der Waals surface area contributed by atoms with Crippen LogP contribution in [0.25, 0.3) is 0 Å². The average molecular weight is 407 g/mol. The highest BCUT2D eigenvalue weighted by molar-refractivity contribution is 7.91. The van der Waals surface area contributed by atoms with Crippen LogP contribution in [0.4, 0.5) is 0 Å². The van der Waals surface area contributed by atoms with E-state index in [9.17, 15) is 18.0 Å². The molecule has 0 aliphatic carbocycles. The summed E-state index contributed by atoms with van der Waals surface area (Å²) in [5, 5.41) is 4.68. The monoisotopic (exact) mass is 406 g/mol. The molecule has 1 saturated heterocycles. The number of sulfone groups is 1. The number of nitrogens with one attached hydrogen (secondary N) is 1. The summed E-state index contributed by atoms with van der Waals surface area (Å²) in [4.78, 5) is 27.5. The highest BCUT2D eigenvalue weighted by Crippen LogP contribution is 2.22. The predicted octanol–water partition coefficient (Wildman–Crippen LogP) is 2.08. The fourth-order valence-electron chi connectivity index (χ4n) is 3.13. The van der Waals surface area contributed by atoms with Gasteiger partial charge in [0.15, 0.2) is 9.84 Å². The molecule has 0 bridgehead atoms. The molecule has 144 valence electrons. The van der Waals surface area contributed by atoms with Gasteiger partial charge in [0.05, 0.1) is 18.1 Å². The van der Waals surface area contributed by atoms with Crippen LogP contribution < -0.4 is 5.32 Å². The van der Waals surface area contributed by atoms with Crippen LogP contribution in [0.5, 0.6) is 0 Å². The standard InChI is InChI=1S/C19H22N2O4S2/c22-18(8-10-20-19(23)15-5-2-1-3-6-15)21(13-17-7-4-11-26-17)16-9-12-27(24,25)14-16/h1-7,11,16H,8-10,12-14H2,(H,20,23)/t16-/m0/s1. The second-order valence-electron chi connectivity index (χ2n) is 6.53. The van der Waals surface area contributed by atoms with Gasteiger partial charge in [-0.25, -0.2) is 8.42 Å². The molecule has 1 aliphatic heterocycles. The van der Waals surface area contributed by atoms with E-state index in [1.165, 1.54) is 0 Å². The van der Waals surface area contributed by atoms with E-state index in [-0.39, 0.29) is 42.3 Å². The Morgan fingerprint density at radius 3 is 2.56 bits per heavy atom. The van der Waals surface area contributed by atoms with E-state index in [1.54, 1.807) is 40.5 Å². The Labute approximate surface area is 163 Å². The zero-order valence-corrected chi connectivity index (χ0v) is 16.5. The maximum Gasteiger partial charge on any atom is 0.251 e. The lowest BCUT2D eigenvalue weighted by atomic mass is 10.2. The average Bonchev–Trinajstić information content (AvgIpc) is 3.29. The van der Waals surface area contributed by atoms with Crippen molar-refractivity contribution in [3.63, 3.8) is 0 Å². The summed E-state index contributed by atoms with van der Waals surface area (Å²) in [7, 11) is -3.08. The molecule has 0 radical (unpaired) electrons. The van der Waals surface area contributed by atoms with Crippen molar-refractivity contribution in [3.05, 3.63) is 58.3 Å². The number of hydrogen-bond donors (Lipinski definition) is 1. The second-order valence-corrected chi connectivity index (χ2v) is 9.79. The molecule has 0 saturated carbocycles. The zero-order chi connectivity index (χ0) is 19.3. The number of carbonyl (C=O) groups is 2. The van der Waals surface area contributed by atoms with E-state index >= 15 is 0 Å². The molecule has 27 heavy (non-hydrogen) atoms. The molecule has 1 aromatic heterocycles. The fraction of sp³-hybridized carbons (Fsp3) is 0.368. The summed E-state index contributed by atoms with van der Waals surface area (Å²) in [6, 6.07) is 12.4. The Kier molecular flexibility index (Phi) is 6.28. The largest absolute Gasteiger partial charge is 0.352 e. The van der Waals surface area contributed by atoms with Gasteiger partial charge in [0.25, 0.3) is 5.91 Å². The third kappa shape index (κ3) is 5.40. The SMILES string of the molecule is O=C(NCCC(=O)N(Cc1cccs1)[C@H]1CCS(=O)(=O)C1)c1ccccc1. The minimum atomic E-state index is -3.08. The fourth-order valence-corrected chi connectivity index (χ4v) is 5.56. The van der Waals surface area contributed by atoms with E-state index < -0.39 is 9.84 Å². The van der Waals surface area contributed by atoms with Gasteiger partial charge in [0, 0.05) is 29.4 Å². The molecule has 0 unspecified atom stereocenters. The lowest BCUT2D eigenvalue weighted by Crippen LogP contribution is -2.41. The number of thiophene rings is 1. The molecule has 2 amide bonds.